The van der Waals surface area contributed by atoms with Crippen LogP contribution in [0.4, 0.5) is 10.6 Å². The number of aromatic nitrogens is 3. The number of rotatable bonds is 7. The van der Waals surface area contributed by atoms with Crippen molar-refractivity contribution in [1.82, 2.24) is 18.8 Å². The molecule has 0 radical (unpaired) electrons. The lowest BCUT2D eigenvalue weighted by atomic mass is 9.99. The van der Waals surface area contributed by atoms with E-state index in [9.17, 15) is 18.3 Å². The second kappa shape index (κ2) is 11.2. The first-order valence-corrected chi connectivity index (χ1v) is 14.3. The number of nitrogens with zero attached hydrogens (tertiary/aromatic N) is 4. The van der Waals surface area contributed by atoms with Crippen molar-refractivity contribution in [3.05, 3.63) is 83.3 Å². The fraction of sp³-hybridized carbons (Fsp3) is 0.296. The van der Waals surface area contributed by atoms with E-state index >= 15 is 0 Å². The second-order valence-electron chi connectivity index (χ2n) is 9.46. The lowest BCUT2D eigenvalue weighted by Crippen LogP contribution is -2.52. The standard InChI is InChI=1S/C27H28ClN5O5S/c1-18-7-11-22(12-8-18)39(36,37)33-14-13-23-24(30-26(28)31-25(23)33)29-20-9-10-21(16-34)32(15-20)27(35)38-17-19-5-3-2-4-6-19/h2-8,11-14,20-21,34H,9-10,15-17H2,1H3,(H,29,30,31)/t20-,21-/m1/s1. The van der Waals surface area contributed by atoms with Gasteiger partial charge < -0.3 is 20.1 Å². The van der Waals surface area contributed by atoms with E-state index in [1.165, 1.54) is 11.1 Å². The molecule has 1 saturated heterocycles. The van der Waals surface area contributed by atoms with E-state index < -0.39 is 16.1 Å². The summed E-state index contributed by atoms with van der Waals surface area (Å²) in [6, 6.07) is 16.9. The fourth-order valence-electron chi connectivity index (χ4n) is 4.65. The highest BCUT2D eigenvalue weighted by atomic mass is 35.5. The molecule has 204 valence electrons. The van der Waals surface area contributed by atoms with Gasteiger partial charge in [0, 0.05) is 18.8 Å². The minimum Gasteiger partial charge on any atom is -0.445 e. The first kappa shape index (κ1) is 26.9. The zero-order chi connectivity index (χ0) is 27.6. The fourth-order valence-corrected chi connectivity index (χ4v) is 6.11. The predicted molar refractivity (Wildman–Crippen MR) is 147 cm³/mol. The summed E-state index contributed by atoms with van der Waals surface area (Å²) in [6.45, 7) is 2.07. The minimum atomic E-state index is -3.92. The summed E-state index contributed by atoms with van der Waals surface area (Å²) in [5.74, 6) is 0.355. The van der Waals surface area contributed by atoms with Crippen LogP contribution in [0.15, 0.2) is 71.8 Å². The lowest BCUT2D eigenvalue weighted by Gasteiger charge is -2.38. The molecular weight excluding hydrogens is 542 g/mol. The van der Waals surface area contributed by atoms with E-state index in [1.54, 1.807) is 30.3 Å². The Morgan fingerprint density at radius 3 is 2.56 bits per heavy atom. The van der Waals surface area contributed by atoms with Gasteiger partial charge >= 0.3 is 6.09 Å². The van der Waals surface area contributed by atoms with Crippen molar-refractivity contribution < 1.29 is 23.1 Å². The molecule has 0 aliphatic carbocycles. The summed E-state index contributed by atoms with van der Waals surface area (Å²) >= 11 is 6.22. The van der Waals surface area contributed by atoms with Crippen molar-refractivity contribution in [3.63, 3.8) is 0 Å². The number of fused-ring (bicyclic) bond motifs is 1. The summed E-state index contributed by atoms with van der Waals surface area (Å²) in [5.41, 5.74) is 1.94. The van der Waals surface area contributed by atoms with E-state index in [0.717, 1.165) is 15.1 Å². The van der Waals surface area contributed by atoms with E-state index in [1.807, 2.05) is 37.3 Å². The van der Waals surface area contributed by atoms with Gasteiger partial charge in [0.1, 0.15) is 12.4 Å². The quantitative estimate of drug-likeness (QED) is 0.317. The Balaban J connectivity index is 1.37. The Labute approximate surface area is 231 Å². The van der Waals surface area contributed by atoms with E-state index in [0.29, 0.717) is 24.0 Å². The number of carbonyl (C=O) groups excluding carboxylic acids is 1. The summed E-state index contributed by atoms with van der Waals surface area (Å²) < 4.78 is 33.3. The first-order valence-electron chi connectivity index (χ1n) is 12.5. The molecular formula is C27H28ClN5O5S. The van der Waals surface area contributed by atoms with Crippen molar-refractivity contribution in [2.75, 3.05) is 18.5 Å². The maximum Gasteiger partial charge on any atom is 0.410 e. The number of carbonyl (C=O) groups is 1. The van der Waals surface area contributed by atoms with Crippen LogP contribution in [0.5, 0.6) is 0 Å². The molecule has 1 aliphatic heterocycles. The third-order valence-electron chi connectivity index (χ3n) is 6.76. The highest BCUT2D eigenvalue weighted by molar-refractivity contribution is 7.90. The van der Waals surface area contributed by atoms with E-state index in [4.69, 9.17) is 16.3 Å². The van der Waals surface area contributed by atoms with Crippen LogP contribution in [-0.2, 0) is 21.4 Å². The molecule has 3 heterocycles. The van der Waals surface area contributed by atoms with Gasteiger partial charge in [0.2, 0.25) is 5.28 Å². The van der Waals surface area contributed by atoms with Gasteiger partial charge in [0.05, 0.1) is 22.9 Å². The zero-order valence-electron chi connectivity index (χ0n) is 21.2. The molecule has 0 saturated carbocycles. The average molecular weight is 570 g/mol. The van der Waals surface area contributed by atoms with Crippen molar-refractivity contribution in [1.29, 1.82) is 0 Å². The van der Waals surface area contributed by atoms with Gasteiger partial charge in [0.15, 0.2) is 5.65 Å². The van der Waals surface area contributed by atoms with Gasteiger partial charge in [-0.1, -0.05) is 48.0 Å². The number of nitrogens with one attached hydrogen (secondary N) is 1. The van der Waals surface area contributed by atoms with E-state index in [2.05, 4.69) is 15.3 Å². The van der Waals surface area contributed by atoms with Crippen LogP contribution >= 0.6 is 11.6 Å². The smallest absolute Gasteiger partial charge is 0.410 e. The van der Waals surface area contributed by atoms with Crippen molar-refractivity contribution in [3.8, 4) is 0 Å². The van der Waals surface area contributed by atoms with Crippen LogP contribution in [0.3, 0.4) is 0 Å². The maximum atomic E-state index is 13.3. The predicted octanol–water partition coefficient (Wildman–Crippen LogP) is 4.20. The lowest BCUT2D eigenvalue weighted by molar-refractivity contribution is 0.0471. The molecule has 2 N–H and O–H groups in total. The third kappa shape index (κ3) is 5.70. The Bertz CT molecular complexity index is 1580. The van der Waals surface area contributed by atoms with Crippen LogP contribution in [0.2, 0.25) is 5.28 Å². The molecule has 1 fully saturated rings. The normalized spacial score (nSPS) is 17.8. The number of hydrogen-bond donors (Lipinski definition) is 2. The summed E-state index contributed by atoms with van der Waals surface area (Å²) in [4.78, 5) is 23.1. The van der Waals surface area contributed by atoms with Crippen LogP contribution in [0, 0.1) is 6.92 Å². The van der Waals surface area contributed by atoms with Crippen molar-refractivity contribution in [2.45, 2.75) is 43.4 Å². The molecule has 39 heavy (non-hydrogen) atoms. The number of benzene rings is 2. The van der Waals surface area contributed by atoms with Crippen LogP contribution in [0.1, 0.15) is 24.0 Å². The summed E-state index contributed by atoms with van der Waals surface area (Å²) in [5, 5.41) is 13.5. The highest BCUT2D eigenvalue weighted by Crippen LogP contribution is 2.29. The molecule has 1 aliphatic rings. The molecule has 0 bridgehead atoms. The van der Waals surface area contributed by atoms with Crippen LogP contribution < -0.4 is 5.32 Å². The molecule has 4 aromatic rings. The average Bonchev–Trinajstić information content (AvgIpc) is 3.37. The second-order valence-corrected chi connectivity index (χ2v) is 11.6. The zero-order valence-corrected chi connectivity index (χ0v) is 22.8. The van der Waals surface area contributed by atoms with Gasteiger partial charge in [-0.05, 0) is 55.1 Å². The Hall–Kier alpha value is -3.67. The maximum absolute atomic E-state index is 13.3. The molecule has 2 atom stereocenters. The van der Waals surface area contributed by atoms with Gasteiger partial charge in [-0.2, -0.15) is 4.98 Å². The number of halogens is 1. The number of likely N-dealkylation sites (tertiary alicyclic amines) is 1. The van der Waals surface area contributed by atoms with E-state index in [-0.39, 0.29) is 47.7 Å². The van der Waals surface area contributed by atoms with Crippen LogP contribution in [-0.4, -0.2) is 63.7 Å². The molecule has 12 heteroatoms. The third-order valence-corrected chi connectivity index (χ3v) is 8.61. The number of aryl methyl sites for hydroxylation is 1. The number of hydrogen-bond acceptors (Lipinski definition) is 8. The Morgan fingerprint density at radius 1 is 1.10 bits per heavy atom. The Morgan fingerprint density at radius 2 is 1.85 bits per heavy atom. The van der Waals surface area contributed by atoms with Crippen LogP contribution in [0.25, 0.3) is 11.0 Å². The summed E-state index contributed by atoms with van der Waals surface area (Å²) in [7, 11) is -3.92. The van der Waals surface area contributed by atoms with Gasteiger partial charge in [-0.15, -0.1) is 0 Å². The highest BCUT2D eigenvalue weighted by Gasteiger charge is 2.33. The van der Waals surface area contributed by atoms with Crippen molar-refractivity contribution in [2.24, 2.45) is 0 Å². The topological polar surface area (TPSA) is 127 Å². The molecule has 0 spiro atoms. The molecule has 1 amide bonds. The van der Waals surface area contributed by atoms with Gasteiger partial charge in [-0.3, -0.25) is 0 Å². The van der Waals surface area contributed by atoms with Crippen molar-refractivity contribution >= 4 is 44.6 Å². The molecule has 5 rings (SSSR count). The van der Waals surface area contributed by atoms with Gasteiger partial charge in [-0.25, -0.2) is 22.2 Å². The molecule has 10 nitrogen and oxygen atoms in total. The molecule has 0 unspecified atom stereocenters. The minimum absolute atomic E-state index is 0.118. The SMILES string of the molecule is Cc1ccc(S(=O)(=O)n2ccc3c(N[C@@H]4CC[C@H](CO)N(C(=O)OCc5ccccc5)C4)nc(Cl)nc32)cc1. The summed E-state index contributed by atoms with van der Waals surface area (Å²) in [6.07, 6.45) is 2.08. The molecule has 2 aromatic carbocycles. The number of anilines is 1. The number of amides is 1. The Kier molecular flexibility index (Phi) is 7.74. The number of aliphatic hydroxyl groups is 1. The monoisotopic (exact) mass is 569 g/mol. The number of ether oxygens (including phenoxy) is 1. The van der Waals surface area contributed by atoms with Gasteiger partial charge in [0.25, 0.3) is 10.0 Å². The number of piperidine rings is 1. The molecule has 2 aromatic heterocycles. The first-order chi connectivity index (χ1) is 18.8. The number of aliphatic hydroxyl groups excluding tert-OH is 1. The largest absolute Gasteiger partial charge is 0.445 e.